The fourth-order valence-corrected chi connectivity index (χ4v) is 5.69. The van der Waals surface area contributed by atoms with Crippen molar-refractivity contribution in [3.05, 3.63) is 87.3 Å². The zero-order chi connectivity index (χ0) is 20.6. The molecule has 0 aliphatic heterocycles. The van der Waals surface area contributed by atoms with Gasteiger partial charge < -0.3 is 0 Å². The lowest BCUT2D eigenvalue weighted by molar-refractivity contribution is 0.216. The van der Waals surface area contributed by atoms with E-state index in [1.54, 1.807) is 0 Å². The molecule has 0 spiro atoms. The number of rotatable bonds is 3. The first-order chi connectivity index (χ1) is 13.8. The molecule has 5 heteroatoms. The maximum Gasteiger partial charge on any atom is 0.275 e. The van der Waals surface area contributed by atoms with Crippen LogP contribution in [-0.2, 0) is 12.0 Å². The molecular formula is C24H24F2N2O. The third kappa shape index (κ3) is 2.30. The monoisotopic (exact) mass is 394 g/mol. The molecule has 1 saturated carbocycles. The molecule has 2 aromatic carbocycles. The van der Waals surface area contributed by atoms with Gasteiger partial charge in [-0.25, -0.2) is 13.5 Å². The molecule has 3 nitrogen and oxygen atoms in total. The highest BCUT2D eigenvalue weighted by Crippen LogP contribution is 2.67. The molecule has 29 heavy (non-hydrogen) atoms. The molecule has 1 heterocycles. The molecule has 2 atom stereocenters. The van der Waals surface area contributed by atoms with Crippen molar-refractivity contribution in [1.29, 1.82) is 0 Å². The molecule has 2 aliphatic carbocycles. The number of hydrogen-bond donors (Lipinski definition) is 0. The van der Waals surface area contributed by atoms with Crippen molar-refractivity contribution >= 4 is 0 Å². The molecule has 1 aromatic heterocycles. The molecule has 0 radical (unpaired) electrons. The molecule has 0 amide bonds. The maximum absolute atomic E-state index is 14.7. The van der Waals surface area contributed by atoms with Gasteiger partial charge in [0.25, 0.3) is 5.56 Å². The summed E-state index contributed by atoms with van der Waals surface area (Å²) in [6, 6.07) is 13.3. The third-order valence-electron chi connectivity index (χ3n) is 7.59. The first-order valence-electron chi connectivity index (χ1n) is 10.1. The van der Waals surface area contributed by atoms with Crippen LogP contribution in [0.3, 0.4) is 0 Å². The standard InChI is InChI=1S/C24H24F2N2O/c1-23(2)17-11-12-24(23,3)21-20(17)22(29)28(19-10-9-16(25)13-18(19)26)27(21)14-15-7-5-4-6-8-15/h4-10,13,17H,11-12,14H2,1-3H3/t17-,24+/m0/s1. The number of nitrogens with zero attached hydrogens (tertiary/aromatic N) is 2. The molecule has 2 bridgehead atoms. The summed E-state index contributed by atoms with van der Waals surface area (Å²) in [4.78, 5) is 13.6. The van der Waals surface area contributed by atoms with Crippen molar-refractivity contribution in [1.82, 2.24) is 9.36 Å². The van der Waals surface area contributed by atoms with Gasteiger partial charge in [0.15, 0.2) is 5.82 Å². The second-order valence-corrected chi connectivity index (χ2v) is 9.16. The lowest BCUT2D eigenvalue weighted by Crippen LogP contribution is -2.36. The van der Waals surface area contributed by atoms with Crippen LogP contribution >= 0.6 is 0 Å². The van der Waals surface area contributed by atoms with E-state index in [2.05, 4.69) is 20.8 Å². The van der Waals surface area contributed by atoms with Crippen LogP contribution in [0.15, 0.2) is 53.3 Å². The Balaban J connectivity index is 1.82. The Morgan fingerprint density at radius 3 is 2.48 bits per heavy atom. The first kappa shape index (κ1) is 18.3. The highest BCUT2D eigenvalue weighted by Gasteiger charge is 2.62. The molecular weight excluding hydrogens is 370 g/mol. The van der Waals surface area contributed by atoms with Gasteiger partial charge in [0, 0.05) is 17.0 Å². The molecule has 2 aliphatic rings. The molecule has 3 aromatic rings. The summed E-state index contributed by atoms with van der Waals surface area (Å²) in [6.07, 6.45) is 1.97. The van der Waals surface area contributed by atoms with Crippen molar-refractivity contribution in [2.75, 3.05) is 0 Å². The van der Waals surface area contributed by atoms with Crippen LogP contribution in [0.5, 0.6) is 0 Å². The quantitative estimate of drug-likeness (QED) is 0.604. The van der Waals surface area contributed by atoms with Crippen LogP contribution < -0.4 is 5.56 Å². The second kappa shape index (κ2) is 5.91. The molecule has 0 unspecified atom stereocenters. The van der Waals surface area contributed by atoms with Crippen LogP contribution in [0.1, 0.15) is 56.4 Å². The minimum Gasteiger partial charge on any atom is -0.277 e. The van der Waals surface area contributed by atoms with E-state index in [-0.39, 0.29) is 28.0 Å². The zero-order valence-electron chi connectivity index (χ0n) is 16.9. The summed E-state index contributed by atoms with van der Waals surface area (Å²) in [7, 11) is 0. The third-order valence-corrected chi connectivity index (χ3v) is 7.59. The molecule has 1 fully saturated rings. The normalized spacial score (nSPS) is 24.1. The minimum atomic E-state index is -0.727. The summed E-state index contributed by atoms with van der Waals surface area (Å²) < 4.78 is 31.6. The Bertz CT molecular complexity index is 1180. The van der Waals surface area contributed by atoms with E-state index < -0.39 is 11.6 Å². The Hall–Kier alpha value is -2.69. The fraction of sp³-hybridized carbons (Fsp3) is 0.375. The van der Waals surface area contributed by atoms with E-state index in [1.165, 1.54) is 16.8 Å². The number of hydrogen-bond acceptors (Lipinski definition) is 1. The van der Waals surface area contributed by atoms with Gasteiger partial charge in [0.2, 0.25) is 0 Å². The van der Waals surface area contributed by atoms with Crippen LogP contribution in [-0.4, -0.2) is 9.36 Å². The highest BCUT2D eigenvalue weighted by molar-refractivity contribution is 5.48. The van der Waals surface area contributed by atoms with Crippen molar-refractivity contribution in [3.8, 4) is 5.69 Å². The van der Waals surface area contributed by atoms with Crippen LogP contribution in [0.25, 0.3) is 5.69 Å². The summed E-state index contributed by atoms with van der Waals surface area (Å²) in [5.41, 5.74) is 2.58. The number of halogens is 2. The average molecular weight is 394 g/mol. The van der Waals surface area contributed by atoms with Gasteiger partial charge in [-0.1, -0.05) is 51.1 Å². The van der Waals surface area contributed by atoms with Crippen LogP contribution in [0.2, 0.25) is 0 Å². The van der Waals surface area contributed by atoms with Gasteiger partial charge in [-0.05, 0) is 41.9 Å². The van der Waals surface area contributed by atoms with Crippen LogP contribution in [0.4, 0.5) is 8.78 Å². The van der Waals surface area contributed by atoms with E-state index in [9.17, 15) is 13.6 Å². The van der Waals surface area contributed by atoms with Crippen molar-refractivity contribution in [2.45, 2.75) is 51.5 Å². The molecule has 150 valence electrons. The minimum absolute atomic E-state index is 0.0320. The van der Waals surface area contributed by atoms with E-state index >= 15 is 0 Å². The van der Waals surface area contributed by atoms with Gasteiger partial charge >= 0.3 is 0 Å². The highest BCUT2D eigenvalue weighted by atomic mass is 19.1. The smallest absolute Gasteiger partial charge is 0.275 e. The van der Waals surface area contributed by atoms with Crippen molar-refractivity contribution in [3.63, 3.8) is 0 Å². The van der Waals surface area contributed by atoms with E-state index in [0.717, 1.165) is 35.7 Å². The van der Waals surface area contributed by atoms with Crippen molar-refractivity contribution in [2.24, 2.45) is 5.41 Å². The summed E-state index contributed by atoms with van der Waals surface area (Å²) >= 11 is 0. The summed E-state index contributed by atoms with van der Waals surface area (Å²) in [6.45, 7) is 7.16. The fourth-order valence-electron chi connectivity index (χ4n) is 5.69. The Kier molecular flexibility index (Phi) is 3.74. The predicted octanol–water partition coefficient (Wildman–Crippen LogP) is 5.14. The van der Waals surface area contributed by atoms with Crippen LogP contribution in [0, 0.1) is 17.0 Å². The van der Waals surface area contributed by atoms with Gasteiger partial charge in [-0.2, -0.15) is 0 Å². The SMILES string of the molecule is CC1(C)[C@H]2CC[C@]1(C)c1c2c(=O)n(-c2ccc(F)cc2F)n1Cc1ccccc1. The number of aromatic nitrogens is 2. The molecule has 0 saturated heterocycles. The largest absolute Gasteiger partial charge is 0.277 e. The second-order valence-electron chi connectivity index (χ2n) is 9.16. The Labute approximate surface area is 168 Å². The summed E-state index contributed by atoms with van der Waals surface area (Å²) in [5, 5.41) is 0. The molecule has 0 N–H and O–H groups in total. The Morgan fingerprint density at radius 2 is 1.79 bits per heavy atom. The number of benzene rings is 2. The lowest BCUT2D eigenvalue weighted by atomic mass is 9.70. The lowest BCUT2D eigenvalue weighted by Gasteiger charge is -2.36. The van der Waals surface area contributed by atoms with E-state index in [1.807, 2.05) is 35.0 Å². The first-order valence-corrected chi connectivity index (χ1v) is 10.1. The van der Waals surface area contributed by atoms with Gasteiger partial charge in [-0.15, -0.1) is 0 Å². The average Bonchev–Trinajstić information content (AvgIpc) is 3.15. The van der Waals surface area contributed by atoms with E-state index in [4.69, 9.17) is 0 Å². The van der Waals surface area contributed by atoms with E-state index in [0.29, 0.717) is 6.54 Å². The Morgan fingerprint density at radius 1 is 1.07 bits per heavy atom. The topological polar surface area (TPSA) is 26.9 Å². The van der Waals surface area contributed by atoms with Gasteiger partial charge in [0.1, 0.15) is 11.5 Å². The predicted molar refractivity (Wildman–Crippen MR) is 109 cm³/mol. The zero-order valence-corrected chi connectivity index (χ0v) is 16.9. The summed E-state index contributed by atoms with van der Waals surface area (Å²) in [5.74, 6) is -1.22. The molecule has 5 rings (SSSR count). The van der Waals surface area contributed by atoms with Crippen molar-refractivity contribution < 1.29 is 8.78 Å². The number of fused-ring (bicyclic) bond motifs is 5. The van der Waals surface area contributed by atoms with Gasteiger partial charge in [0.05, 0.1) is 12.2 Å². The van der Waals surface area contributed by atoms with Gasteiger partial charge in [-0.3, -0.25) is 9.48 Å². The maximum atomic E-state index is 14.7.